The van der Waals surface area contributed by atoms with Crippen LogP contribution >= 0.6 is 11.3 Å². The predicted octanol–water partition coefficient (Wildman–Crippen LogP) is 5.40. The number of amides is 2. The third-order valence-corrected chi connectivity index (χ3v) is 6.59. The largest absolute Gasteiger partial charge is 0.482 e. The van der Waals surface area contributed by atoms with Gasteiger partial charge in [-0.25, -0.2) is 4.98 Å². The van der Waals surface area contributed by atoms with Crippen LogP contribution in [0.25, 0.3) is 21.8 Å². The summed E-state index contributed by atoms with van der Waals surface area (Å²) in [5, 5.41) is 5.86. The summed E-state index contributed by atoms with van der Waals surface area (Å²) in [6.45, 7) is 1.85. The van der Waals surface area contributed by atoms with Gasteiger partial charge in [-0.3, -0.25) is 14.5 Å². The summed E-state index contributed by atoms with van der Waals surface area (Å²) < 4.78 is 5.63. The summed E-state index contributed by atoms with van der Waals surface area (Å²) in [4.78, 5) is 31.8. The maximum Gasteiger partial charge on any atom is 0.265 e. The lowest BCUT2D eigenvalue weighted by atomic mass is 10.1. The lowest BCUT2D eigenvalue weighted by molar-refractivity contribution is -0.123. The molecule has 1 aliphatic rings. The van der Waals surface area contributed by atoms with Crippen molar-refractivity contribution in [3.8, 4) is 27.6 Å². The molecule has 6 nitrogen and oxygen atoms in total. The number of carbonyl (C=O) groups is 2. The van der Waals surface area contributed by atoms with Gasteiger partial charge in [0, 0.05) is 22.2 Å². The van der Waals surface area contributed by atoms with E-state index in [1.165, 1.54) is 4.90 Å². The molecule has 3 aromatic carbocycles. The van der Waals surface area contributed by atoms with Crippen molar-refractivity contribution >= 4 is 34.5 Å². The Kier molecular flexibility index (Phi) is 6.10. The molecular weight excluding hydrogens is 446 g/mol. The van der Waals surface area contributed by atoms with Crippen molar-refractivity contribution < 1.29 is 14.3 Å². The van der Waals surface area contributed by atoms with Gasteiger partial charge in [0.15, 0.2) is 6.61 Å². The Morgan fingerprint density at radius 1 is 1.06 bits per heavy atom. The Bertz CT molecular complexity index is 1350. The predicted molar refractivity (Wildman–Crippen MR) is 135 cm³/mol. The minimum Gasteiger partial charge on any atom is -0.482 e. The maximum absolute atomic E-state index is 12.9. The SMILES string of the molecule is CCc1ccccc1NC(=O)CN1C(=O)COc2ccc(-c3csc(-c4ccccc4)n3)cc21. The molecule has 5 rings (SSSR count). The van der Waals surface area contributed by atoms with Gasteiger partial charge < -0.3 is 10.1 Å². The molecule has 1 aromatic heterocycles. The summed E-state index contributed by atoms with van der Waals surface area (Å²) in [5.41, 5.74) is 5.11. The Morgan fingerprint density at radius 3 is 2.68 bits per heavy atom. The first kappa shape index (κ1) is 21.9. The monoisotopic (exact) mass is 469 g/mol. The molecule has 1 N–H and O–H groups in total. The first-order chi connectivity index (χ1) is 16.6. The van der Waals surface area contributed by atoms with Crippen LogP contribution in [-0.2, 0) is 16.0 Å². The molecule has 0 spiro atoms. The maximum atomic E-state index is 12.9. The number of benzene rings is 3. The standard InChI is InChI=1S/C27H23N3O3S/c1-2-18-8-6-7-11-21(18)28-25(31)15-30-23-14-20(12-13-24(23)33-16-26(30)32)22-17-34-27(29-22)19-9-4-3-5-10-19/h3-14,17H,2,15-16H2,1H3,(H,28,31). The molecular formula is C27H23N3O3S. The van der Waals surface area contributed by atoms with E-state index in [2.05, 4.69) is 5.32 Å². The summed E-state index contributed by atoms with van der Waals surface area (Å²) >= 11 is 1.56. The molecule has 0 aliphatic carbocycles. The van der Waals surface area contributed by atoms with Gasteiger partial charge in [-0.05, 0) is 36.2 Å². The normalized spacial score (nSPS) is 12.7. The van der Waals surface area contributed by atoms with Crippen molar-refractivity contribution in [1.82, 2.24) is 4.98 Å². The molecule has 0 bridgehead atoms. The zero-order valence-corrected chi connectivity index (χ0v) is 19.5. The number of carbonyl (C=O) groups excluding carboxylic acids is 2. The lowest BCUT2D eigenvalue weighted by Crippen LogP contribution is -2.43. The number of aromatic nitrogens is 1. The van der Waals surface area contributed by atoms with E-state index in [0.717, 1.165) is 39.5 Å². The van der Waals surface area contributed by atoms with Crippen molar-refractivity contribution in [2.75, 3.05) is 23.4 Å². The highest BCUT2D eigenvalue weighted by molar-refractivity contribution is 7.13. The summed E-state index contributed by atoms with van der Waals surface area (Å²) in [7, 11) is 0. The molecule has 0 atom stereocenters. The third kappa shape index (κ3) is 4.43. The van der Waals surface area contributed by atoms with Crippen LogP contribution in [-0.4, -0.2) is 29.9 Å². The van der Waals surface area contributed by atoms with Crippen molar-refractivity contribution in [2.24, 2.45) is 0 Å². The van der Waals surface area contributed by atoms with Crippen LogP contribution < -0.4 is 15.0 Å². The van der Waals surface area contributed by atoms with Crippen LogP contribution in [0, 0.1) is 0 Å². The fourth-order valence-electron chi connectivity index (χ4n) is 3.94. The van der Waals surface area contributed by atoms with Crippen LogP contribution in [0.4, 0.5) is 11.4 Å². The smallest absolute Gasteiger partial charge is 0.265 e. The van der Waals surface area contributed by atoms with Crippen LogP contribution in [0.3, 0.4) is 0 Å². The second-order valence-corrected chi connectivity index (χ2v) is 8.77. The van der Waals surface area contributed by atoms with E-state index in [1.54, 1.807) is 11.3 Å². The zero-order valence-electron chi connectivity index (χ0n) is 18.7. The number of nitrogens with one attached hydrogen (secondary N) is 1. The molecule has 2 heterocycles. The number of nitrogens with zero attached hydrogens (tertiary/aromatic N) is 2. The van der Waals surface area contributed by atoms with Gasteiger partial charge in [0.05, 0.1) is 11.4 Å². The Labute approximate surface area is 201 Å². The van der Waals surface area contributed by atoms with E-state index in [0.29, 0.717) is 11.4 Å². The molecule has 34 heavy (non-hydrogen) atoms. The van der Waals surface area contributed by atoms with E-state index in [1.807, 2.05) is 85.1 Å². The van der Waals surface area contributed by atoms with Crippen LogP contribution in [0.15, 0.2) is 78.2 Å². The molecule has 4 aromatic rings. The van der Waals surface area contributed by atoms with Gasteiger partial charge in [0.1, 0.15) is 17.3 Å². The molecule has 0 unspecified atom stereocenters. The minimum atomic E-state index is -0.258. The van der Waals surface area contributed by atoms with Crippen molar-refractivity contribution in [2.45, 2.75) is 13.3 Å². The number of hydrogen-bond donors (Lipinski definition) is 1. The highest BCUT2D eigenvalue weighted by Crippen LogP contribution is 2.37. The number of fused-ring (bicyclic) bond motifs is 1. The van der Waals surface area contributed by atoms with Gasteiger partial charge in [-0.1, -0.05) is 55.5 Å². The molecule has 0 fully saturated rings. The van der Waals surface area contributed by atoms with E-state index in [9.17, 15) is 9.59 Å². The molecule has 0 saturated carbocycles. The van der Waals surface area contributed by atoms with Gasteiger partial charge in [0.2, 0.25) is 5.91 Å². The van der Waals surface area contributed by atoms with Crippen LogP contribution in [0.5, 0.6) is 5.75 Å². The summed E-state index contributed by atoms with van der Waals surface area (Å²) in [6, 6.07) is 23.3. The van der Waals surface area contributed by atoms with Gasteiger partial charge in [-0.2, -0.15) is 0 Å². The van der Waals surface area contributed by atoms with E-state index in [-0.39, 0.29) is 25.0 Å². The highest BCUT2D eigenvalue weighted by Gasteiger charge is 2.28. The number of ether oxygens (including phenoxy) is 1. The summed E-state index contributed by atoms with van der Waals surface area (Å²) in [5.74, 6) is 0.0583. The van der Waals surface area contributed by atoms with E-state index < -0.39 is 0 Å². The van der Waals surface area contributed by atoms with E-state index >= 15 is 0 Å². The van der Waals surface area contributed by atoms with Crippen molar-refractivity contribution in [3.63, 3.8) is 0 Å². The van der Waals surface area contributed by atoms with Crippen molar-refractivity contribution in [1.29, 1.82) is 0 Å². The first-order valence-electron chi connectivity index (χ1n) is 11.1. The average Bonchev–Trinajstić information content (AvgIpc) is 3.37. The number of thiazole rings is 1. The molecule has 170 valence electrons. The van der Waals surface area contributed by atoms with Gasteiger partial charge in [0.25, 0.3) is 5.91 Å². The van der Waals surface area contributed by atoms with Gasteiger partial charge in [-0.15, -0.1) is 11.3 Å². The Balaban J connectivity index is 1.40. The zero-order chi connectivity index (χ0) is 23.5. The third-order valence-electron chi connectivity index (χ3n) is 5.70. The number of hydrogen-bond acceptors (Lipinski definition) is 5. The first-order valence-corrected chi connectivity index (χ1v) is 12.0. The molecule has 0 saturated heterocycles. The van der Waals surface area contributed by atoms with Crippen LogP contribution in [0.2, 0.25) is 0 Å². The molecule has 7 heteroatoms. The molecule has 1 aliphatic heterocycles. The second kappa shape index (κ2) is 9.49. The Morgan fingerprint density at radius 2 is 1.85 bits per heavy atom. The van der Waals surface area contributed by atoms with E-state index in [4.69, 9.17) is 9.72 Å². The number of rotatable bonds is 6. The minimum absolute atomic E-state index is 0.0942. The number of aryl methyl sites for hydroxylation is 1. The Hall–Kier alpha value is -3.97. The van der Waals surface area contributed by atoms with Crippen LogP contribution in [0.1, 0.15) is 12.5 Å². The quantitative estimate of drug-likeness (QED) is 0.410. The molecule has 0 radical (unpaired) electrons. The second-order valence-electron chi connectivity index (χ2n) is 7.91. The highest BCUT2D eigenvalue weighted by atomic mass is 32.1. The number of para-hydroxylation sites is 1. The van der Waals surface area contributed by atoms with Gasteiger partial charge >= 0.3 is 0 Å². The topological polar surface area (TPSA) is 71.5 Å². The van der Waals surface area contributed by atoms with Crippen molar-refractivity contribution in [3.05, 3.63) is 83.7 Å². The summed E-state index contributed by atoms with van der Waals surface area (Å²) in [6.07, 6.45) is 0.803. The number of anilines is 2. The molecule has 2 amide bonds. The average molecular weight is 470 g/mol. The fraction of sp³-hybridized carbons (Fsp3) is 0.148. The lowest BCUT2D eigenvalue weighted by Gasteiger charge is -2.29. The fourth-order valence-corrected chi connectivity index (χ4v) is 4.77.